The van der Waals surface area contributed by atoms with Gasteiger partial charge in [0.2, 0.25) is 0 Å². The predicted octanol–water partition coefficient (Wildman–Crippen LogP) is 5.75. The minimum Gasteiger partial charge on any atom is -0.0604 e. The molecule has 102 valence electrons. The highest BCUT2D eigenvalue weighted by Crippen LogP contribution is 2.41. The molecule has 2 aromatic rings. The zero-order valence-electron chi connectivity index (χ0n) is 12.5. The molecule has 0 amide bonds. The van der Waals surface area contributed by atoms with Crippen LogP contribution < -0.4 is 0 Å². The van der Waals surface area contributed by atoms with E-state index in [9.17, 15) is 0 Å². The summed E-state index contributed by atoms with van der Waals surface area (Å²) < 4.78 is 1.16. The zero-order chi connectivity index (χ0) is 14.4. The number of hydrogen-bond donors (Lipinski definition) is 0. The van der Waals surface area contributed by atoms with Crippen LogP contribution in [-0.2, 0) is 6.42 Å². The third kappa shape index (κ3) is 2.14. The van der Waals surface area contributed by atoms with E-state index in [1.807, 2.05) is 0 Å². The van der Waals surface area contributed by atoms with Crippen molar-refractivity contribution in [3.63, 3.8) is 0 Å². The Labute approximate surface area is 129 Å². The van der Waals surface area contributed by atoms with Crippen LogP contribution in [-0.4, -0.2) is 0 Å². The molecule has 0 unspecified atom stereocenters. The number of aryl methyl sites for hydroxylation is 3. The average Bonchev–Trinajstić information content (AvgIpc) is 2.65. The van der Waals surface area contributed by atoms with Gasteiger partial charge in [0.1, 0.15) is 0 Å². The predicted molar refractivity (Wildman–Crippen MR) is 90.2 cm³/mol. The average molecular weight is 327 g/mol. The van der Waals surface area contributed by atoms with Crippen LogP contribution in [0.15, 0.2) is 40.4 Å². The lowest BCUT2D eigenvalue weighted by molar-refractivity contribution is 1.19. The summed E-state index contributed by atoms with van der Waals surface area (Å²) in [7, 11) is 0. The second-order valence-corrected chi connectivity index (χ2v) is 6.82. The van der Waals surface area contributed by atoms with Crippen LogP contribution in [0.25, 0.3) is 5.57 Å². The van der Waals surface area contributed by atoms with Crippen LogP contribution in [0.2, 0.25) is 0 Å². The van der Waals surface area contributed by atoms with Gasteiger partial charge in [-0.25, -0.2) is 0 Å². The first-order valence-electron chi connectivity index (χ1n) is 7.04. The number of hydrogen-bond acceptors (Lipinski definition) is 0. The number of benzene rings is 2. The number of halogens is 1. The Morgan fingerprint density at radius 3 is 2.20 bits per heavy atom. The van der Waals surface area contributed by atoms with E-state index in [-0.39, 0.29) is 0 Å². The van der Waals surface area contributed by atoms with Gasteiger partial charge in [-0.05, 0) is 79.6 Å². The van der Waals surface area contributed by atoms with Crippen LogP contribution in [0, 0.1) is 20.8 Å². The van der Waals surface area contributed by atoms with Gasteiger partial charge in [0.05, 0.1) is 0 Å². The fourth-order valence-electron chi connectivity index (χ4n) is 3.46. The van der Waals surface area contributed by atoms with Crippen LogP contribution >= 0.6 is 15.9 Å². The molecule has 0 aliphatic heterocycles. The van der Waals surface area contributed by atoms with E-state index in [4.69, 9.17) is 0 Å². The van der Waals surface area contributed by atoms with Crippen molar-refractivity contribution in [2.75, 3.05) is 0 Å². The zero-order valence-corrected chi connectivity index (χ0v) is 14.1. The van der Waals surface area contributed by atoms with Gasteiger partial charge in [-0.15, -0.1) is 0 Å². The highest BCUT2D eigenvalue weighted by Gasteiger charge is 2.22. The molecule has 2 aromatic carbocycles. The van der Waals surface area contributed by atoms with Crippen LogP contribution in [0.3, 0.4) is 0 Å². The highest BCUT2D eigenvalue weighted by atomic mass is 79.9. The summed E-state index contributed by atoms with van der Waals surface area (Å²) in [5, 5.41) is 0. The molecule has 0 bridgehead atoms. The Morgan fingerprint density at radius 1 is 0.900 bits per heavy atom. The van der Waals surface area contributed by atoms with Gasteiger partial charge in [0.25, 0.3) is 0 Å². The number of fused-ring (bicyclic) bond motifs is 1. The van der Waals surface area contributed by atoms with Crippen molar-refractivity contribution in [1.82, 2.24) is 0 Å². The van der Waals surface area contributed by atoms with E-state index in [1.54, 1.807) is 0 Å². The summed E-state index contributed by atoms with van der Waals surface area (Å²) in [5.41, 5.74) is 11.3. The number of rotatable bonds is 1. The fraction of sp³-hybridized carbons (Fsp3) is 0.263. The van der Waals surface area contributed by atoms with Crippen molar-refractivity contribution >= 4 is 21.5 Å². The van der Waals surface area contributed by atoms with Crippen molar-refractivity contribution in [3.05, 3.63) is 73.8 Å². The lowest BCUT2D eigenvalue weighted by Gasteiger charge is -2.15. The maximum Gasteiger partial charge on any atom is 0.0181 e. The summed E-state index contributed by atoms with van der Waals surface area (Å²) in [4.78, 5) is 0. The molecular weight excluding hydrogens is 308 g/mol. The van der Waals surface area contributed by atoms with Crippen molar-refractivity contribution < 1.29 is 0 Å². The van der Waals surface area contributed by atoms with Gasteiger partial charge < -0.3 is 0 Å². The summed E-state index contributed by atoms with van der Waals surface area (Å²) >= 11 is 3.61. The first-order valence-corrected chi connectivity index (χ1v) is 7.83. The maximum absolute atomic E-state index is 3.61. The lowest BCUT2D eigenvalue weighted by Crippen LogP contribution is -1.96. The van der Waals surface area contributed by atoms with Gasteiger partial charge in [0.15, 0.2) is 0 Å². The topological polar surface area (TPSA) is 0 Å². The van der Waals surface area contributed by atoms with Crippen LogP contribution in [0.1, 0.15) is 40.3 Å². The molecule has 0 heterocycles. The third-order valence-corrected chi connectivity index (χ3v) is 4.64. The Hall–Kier alpha value is -1.34. The SMILES string of the molecule is CC1=C(c2c(C)cc(C)cc2C)c2cc(Br)ccc2C1. The second kappa shape index (κ2) is 4.89. The molecule has 3 rings (SSSR count). The molecule has 0 aromatic heterocycles. The Morgan fingerprint density at radius 2 is 1.55 bits per heavy atom. The smallest absolute Gasteiger partial charge is 0.0181 e. The molecule has 0 spiro atoms. The van der Waals surface area contributed by atoms with Crippen molar-refractivity contribution in [3.8, 4) is 0 Å². The summed E-state index contributed by atoms with van der Waals surface area (Å²) in [5.74, 6) is 0. The molecule has 0 fully saturated rings. The largest absolute Gasteiger partial charge is 0.0604 e. The lowest BCUT2D eigenvalue weighted by atomic mass is 9.89. The standard InChI is InChI=1S/C19H19Br/c1-11-7-12(2)18(13(3)8-11)19-14(4)9-15-5-6-16(20)10-17(15)19/h5-8,10H,9H2,1-4H3. The summed E-state index contributed by atoms with van der Waals surface area (Å²) in [6, 6.07) is 11.2. The van der Waals surface area contributed by atoms with Gasteiger partial charge in [0, 0.05) is 4.47 Å². The molecule has 1 aliphatic rings. The summed E-state index contributed by atoms with van der Waals surface area (Å²) in [6.07, 6.45) is 1.07. The molecule has 0 radical (unpaired) electrons. The maximum atomic E-state index is 3.61. The number of allylic oxidation sites excluding steroid dienone is 1. The van der Waals surface area contributed by atoms with Gasteiger partial charge in [-0.1, -0.05) is 45.3 Å². The van der Waals surface area contributed by atoms with Gasteiger partial charge >= 0.3 is 0 Å². The first kappa shape index (κ1) is 13.6. The van der Waals surface area contributed by atoms with E-state index >= 15 is 0 Å². The molecule has 0 nitrogen and oxygen atoms in total. The molecule has 0 atom stereocenters. The normalized spacial score (nSPS) is 13.8. The van der Waals surface area contributed by atoms with Gasteiger partial charge in [-0.2, -0.15) is 0 Å². The molecule has 1 aliphatic carbocycles. The fourth-order valence-corrected chi connectivity index (χ4v) is 3.82. The van der Waals surface area contributed by atoms with Crippen molar-refractivity contribution in [1.29, 1.82) is 0 Å². The minimum absolute atomic E-state index is 1.07. The van der Waals surface area contributed by atoms with Crippen molar-refractivity contribution in [2.24, 2.45) is 0 Å². The summed E-state index contributed by atoms with van der Waals surface area (Å²) in [6.45, 7) is 8.89. The van der Waals surface area contributed by atoms with Crippen molar-refractivity contribution in [2.45, 2.75) is 34.1 Å². The monoisotopic (exact) mass is 326 g/mol. The van der Waals surface area contributed by atoms with Crippen LogP contribution in [0.5, 0.6) is 0 Å². The van der Waals surface area contributed by atoms with Gasteiger partial charge in [-0.3, -0.25) is 0 Å². The van der Waals surface area contributed by atoms with E-state index < -0.39 is 0 Å². The molecule has 0 saturated heterocycles. The van der Waals surface area contributed by atoms with E-state index in [0.29, 0.717) is 0 Å². The molecular formula is C19H19Br. The van der Waals surface area contributed by atoms with E-state index in [1.165, 1.54) is 44.5 Å². The highest BCUT2D eigenvalue weighted by molar-refractivity contribution is 9.10. The Bertz CT molecular complexity index is 712. The minimum atomic E-state index is 1.07. The third-order valence-electron chi connectivity index (χ3n) is 4.15. The second-order valence-electron chi connectivity index (χ2n) is 5.91. The first-order chi connectivity index (χ1) is 9.47. The molecule has 0 saturated carbocycles. The Balaban J connectivity index is 2.27. The molecule has 1 heteroatoms. The van der Waals surface area contributed by atoms with Crippen LogP contribution in [0.4, 0.5) is 0 Å². The van der Waals surface area contributed by atoms with E-state index in [0.717, 1.165) is 10.9 Å². The van der Waals surface area contributed by atoms with E-state index in [2.05, 4.69) is 74.0 Å². The molecule has 0 N–H and O–H groups in total. The molecule has 20 heavy (non-hydrogen) atoms. The Kier molecular flexibility index (Phi) is 3.33. The quantitative estimate of drug-likeness (QED) is 0.625.